The van der Waals surface area contributed by atoms with Gasteiger partial charge in [0.2, 0.25) is 5.91 Å². The summed E-state index contributed by atoms with van der Waals surface area (Å²) in [6, 6.07) is 9.10. The van der Waals surface area contributed by atoms with Gasteiger partial charge in [0.1, 0.15) is 5.60 Å². The fourth-order valence-electron chi connectivity index (χ4n) is 6.72. The van der Waals surface area contributed by atoms with Gasteiger partial charge in [0.05, 0.1) is 12.6 Å². The number of hydrogen-bond donors (Lipinski definition) is 0. The molecule has 1 aromatic rings. The lowest BCUT2D eigenvalue weighted by Gasteiger charge is -2.58. The van der Waals surface area contributed by atoms with Gasteiger partial charge in [0, 0.05) is 32.2 Å². The zero-order valence-corrected chi connectivity index (χ0v) is 24.5. The summed E-state index contributed by atoms with van der Waals surface area (Å²) in [7, 11) is 0. The van der Waals surface area contributed by atoms with Crippen molar-refractivity contribution in [1.29, 1.82) is 0 Å². The maximum Gasteiger partial charge on any atom is 0.410 e. The van der Waals surface area contributed by atoms with E-state index in [2.05, 4.69) is 68.7 Å². The fraction of sp³-hybridized carbons (Fsp3) is 0.742. The van der Waals surface area contributed by atoms with Crippen LogP contribution in [0.4, 0.5) is 4.79 Å². The largest absolute Gasteiger partial charge is 0.444 e. The average molecular weight is 512 g/mol. The van der Waals surface area contributed by atoms with Crippen LogP contribution in [-0.4, -0.2) is 71.1 Å². The Labute approximate surface area is 224 Å². The molecule has 1 aliphatic carbocycles. The van der Waals surface area contributed by atoms with Crippen LogP contribution in [0.1, 0.15) is 104 Å². The van der Waals surface area contributed by atoms with E-state index < -0.39 is 5.60 Å². The van der Waals surface area contributed by atoms with E-state index in [4.69, 9.17) is 4.74 Å². The van der Waals surface area contributed by atoms with Gasteiger partial charge in [-0.1, -0.05) is 58.9 Å². The zero-order chi connectivity index (χ0) is 27.2. The number of rotatable bonds is 4. The van der Waals surface area contributed by atoms with Gasteiger partial charge >= 0.3 is 6.09 Å². The summed E-state index contributed by atoms with van der Waals surface area (Å²) in [5, 5.41) is 0. The molecule has 6 heteroatoms. The Morgan fingerprint density at radius 1 is 1.05 bits per heavy atom. The molecule has 1 atom stereocenters. The lowest BCUT2D eigenvalue weighted by atomic mass is 9.59. The van der Waals surface area contributed by atoms with E-state index >= 15 is 0 Å². The van der Waals surface area contributed by atoms with Gasteiger partial charge in [-0.2, -0.15) is 0 Å². The molecule has 2 saturated heterocycles. The third-order valence-corrected chi connectivity index (χ3v) is 8.30. The van der Waals surface area contributed by atoms with Crippen LogP contribution in [0.5, 0.6) is 0 Å². The highest BCUT2D eigenvalue weighted by molar-refractivity contribution is 5.80. The van der Waals surface area contributed by atoms with E-state index in [1.54, 1.807) is 0 Å². The van der Waals surface area contributed by atoms with Crippen LogP contribution < -0.4 is 0 Å². The third-order valence-electron chi connectivity index (χ3n) is 8.30. The summed E-state index contributed by atoms with van der Waals surface area (Å²) >= 11 is 0. The van der Waals surface area contributed by atoms with Crippen LogP contribution in [0.25, 0.3) is 0 Å². The number of piperidine rings is 1. The average Bonchev–Trinajstić information content (AvgIpc) is 2.75. The van der Waals surface area contributed by atoms with Crippen molar-refractivity contribution in [1.82, 2.24) is 14.7 Å². The lowest BCUT2D eigenvalue weighted by molar-refractivity contribution is -0.153. The van der Waals surface area contributed by atoms with E-state index in [0.29, 0.717) is 12.5 Å². The quantitative estimate of drug-likeness (QED) is 0.481. The smallest absolute Gasteiger partial charge is 0.410 e. The van der Waals surface area contributed by atoms with Crippen molar-refractivity contribution in [2.45, 2.75) is 105 Å². The highest BCUT2D eigenvalue weighted by atomic mass is 16.6. The summed E-state index contributed by atoms with van der Waals surface area (Å²) in [5.41, 5.74) is 2.58. The molecule has 4 rings (SSSR count). The van der Waals surface area contributed by atoms with Gasteiger partial charge < -0.3 is 14.5 Å². The second-order valence-electron chi connectivity index (χ2n) is 14.4. The molecule has 3 aliphatic rings. The molecule has 3 fully saturated rings. The lowest BCUT2D eigenvalue weighted by Crippen LogP contribution is -2.62. The molecule has 37 heavy (non-hydrogen) atoms. The van der Waals surface area contributed by atoms with Crippen LogP contribution in [0.2, 0.25) is 0 Å². The van der Waals surface area contributed by atoms with Gasteiger partial charge in [0.25, 0.3) is 0 Å². The summed E-state index contributed by atoms with van der Waals surface area (Å²) in [6.07, 6.45) is 3.87. The van der Waals surface area contributed by atoms with E-state index in [9.17, 15) is 9.59 Å². The highest BCUT2D eigenvalue weighted by Gasteiger charge is 2.52. The first-order valence-electron chi connectivity index (χ1n) is 14.3. The second-order valence-corrected chi connectivity index (χ2v) is 14.4. The van der Waals surface area contributed by atoms with Crippen molar-refractivity contribution < 1.29 is 14.3 Å². The van der Waals surface area contributed by atoms with Crippen molar-refractivity contribution in [2.75, 3.05) is 32.7 Å². The van der Waals surface area contributed by atoms with Crippen molar-refractivity contribution in [2.24, 2.45) is 10.8 Å². The van der Waals surface area contributed by atoms with Gasteiger partial charge in [-0.15, -0.1) is 0 Å². The monoisotopic (exact) mass is 511 g/mol. The Morgan fingerprint density at radius 2 is 1.68 bits per heavy atom. The molecule has 0 N–H and O–H groups in total. The molecule has 0 radical (unpaired) electrons. The van der Waals surface area contributed by atoms with Crippen LogP contribution in [0.15, 0.2) is 24.3 Å². The molecule has 0 aromatic heterocycles. The number of carbonyl (C=O) groups is 2. The Balaban J connectivity index is 1.49. The van der Waals surface area contributed by atoms with Crippen molar-refractivity contribution in [3.8, 4) is 0 Å². The number of nitrogens with zero attached hydrogens (tertiary/aromatic N) is 3. The van der Waals surface area contributed by atoms with Crippen LogP contribution >= 0.6 is 0 Å². The van der Waals surface area contributed by atoms with Crippen molar-refractivity contribution >= 4 is 12.0 Å². The first kappa shape index (κ1) is 27.9. The Hall–Kier alpha value is -2.08. The van der Waals surface area contributed by atoms with Crippen LogP contribution in [-0.2, 0) is 9.53 Å². The fourth-order valence-corrected chi connectivity index (χ4v) is 6.72. The summed E-state index contributed by atoms with van der Waals surface area (Å²) in [4.78, 5) is 32.8. The molecule has 1 unspecified atom stereocenters. The number of hydrogen-bond acceptors (Lipinski definition) is 4. The van der Waals surface area contributed by atoms with Gasteiger partial charge in [0.15, 0.2) is 0 Å². The molecular weight excluding hydrogens is 462 g/mol. The number of ether oxygens (including phenoxy) is 1. The van der Waals surface area contributed by atoms with Crippen LogP contribution in [0.3, 0.4) is 0 Å². The van der Waals surface area contributed by atoms with E-state index in [1.807, 2.05) is 25.7 Å². The van der Waals surface area contributed by atoms with Gasteiger partial charge in [-0.3, -0.25) is 9.69 Å². The molecule has 0 bridgehead atoms. The molecule has 1 saturated carbocycles. The minimum Gasteiger partial charge on any atom is -0.444 e. The molecule has 2 aliphatic heterocycles. The number of likely N-dealkylation sites (tertiary alicyclic amines) is 1. The number of carbonyl (C=O) groups excluding carboxylic acids is 2. The predicted molar refractivity (Wildman–Crippen MR) is 149 cm³/mol. The summed E-state index contributed by atoms with van der Waals surface area (Å²) in [5.74, 6) is 0.682. The second kappa shape index (κ2) is 10.2. The van der Waals surface area contributed by atoms with Crippen molar-refractivity contribution in [3.05, 3.63) is 35.4 Å². The Kier molecular flexibility index (Phi) is 7.73. The number of benzene rings is 1. The molecule has 2 heterocycles. The number of piperazine rings is 1. The maximum absolute atomic E-state index is 13.7. The first-order chi connectivity index (χ1) is 17.2. The maximum atomic E-state index is 13.7. The number of amides is 2. The molecule has 6 nitrogen and oxygen atoms in total. The Morgan fingerprint density at radius 3 is 2.24 bits per heavy atom. The van der Waals surface area contributed by atoms with E-state index in [0.717, 1.165) is 51.9 Å². The standard InChI is InChI=1S/C31H49N3O3/c1-22(2)24-11-9-10-12-25(24)26-19-32(21-29(3,4)5)20-27(35)34(26)23-17-31(18-23)13-15-33(16-14-31)28(36)37-30(6,7)8/h9-12,22-23,26H,13-21H2,1-8H3. The molecule has 1 spiro atoms. The first-order valence-corrected chi connectivity index (χ1v) is 14.3. The van der Waals surface area contributed by atoms with Crippen molar-refractivity contribution in [3.63, 3.8) is 0 Å². The molecule has 1 aromatic carbocycles. The third kappa shape index (κ3) is 6.50. The topological polar surface area (TPSA) is 53.1 Å². The SMILES string of the molecule is CC(C)c1ccccc1C1CN(CC(C)(C)C)CC(=O)N1C1CC2(CCN(C(=O)OC(C)(C)C)CC2)C1. The van der Waals surface area contributed by atoms with E-state index in [1.165, 1.54) is 11.1 Å². The van der Waals surface area contributed by atoms with E-state index in [-0.39, 0.29) is 34.9 Å². The highest BCUT2D eigenvalue weighted by Crippen LogP contribution is 2.53. The molecular formula is C31H49N3O3. The van der Waals surface area contributed by atoms with Gasteiger partial charge in [-0.25, -0.2) is 4.79 Å². The molecule has 2 amide bonds. The molecule has 206 valence electrons. The summed E-state index contributed by atoms with van der Waals surface area (Å²) in [6.45, 7) is 20.8. The van der Waals surface area contributed by atoms with Crippen LogP contribution in [0, 0.1) is 10.8 Å². The minimum atomic E-state index is -0.468. The summed E-state index contributed by atoms with van der Waals surface area (Å²) < 4.78 is 5.59. The van der Waals surface area contributed by atoms with Gasteiger partial charge in [-0.05, 0) is 74.3 Å². The predicted octanol–water partition coefficient (Wildman–Crippen LogP) is 6.22. The zero-order valence-electron chi connectivity index (χ0n) is 24.5. The minimum absolute atomic E-state index is 0.0893. The normalized spacial score (nSPS) is 23.5. The Bertz CT molecular complexity index is 974.